The minimum Gasteiger partial charge on any atom is -0.379 e. The molecular formula is C18H24N4OS. The minimum absolute atomic E-state index is 0.197. The standard InChI is InChI=1S/C18H24N4OS/c1-3-18(13-21(6-1)11-16-2-9-24-12-16)14-22(7-8-23-15-18)17-10-19-4-5-20-17/h2,4-5,9-10,12H,1,3,6-8,11,13-15H2/t18-/m0/s1. The van der Waals surface area contributed by atoms with Crippen LogP contribution in [0.1, 0.15) is 18.4 Å². The first-order valence-electron chi connectivity index (χ1n) is 8.65. The van der Waals surface area contributed by atoms with Crippen LogP contribution in [0.5, 0.6) is 0 Å². The highest BCUT2D eigenvalue weighted by molar-refractivity contribution is 7.07. The number of rotatable bonds is 3. The van der Waals surface area contributed by atoms with E-state index in [9.17, 15) is 0 Å². The SMILES string of the molecule is c1cnc(N2CCOC[C@]3(CCCN(Cc4ccsc4)C3)C2)cn1. The summed E-state index contributed by atoms with van der Waals surface area (Å²) in [7, 11) is 0. The number of ether oxygens (including phenoxy) is 1. The Balaban J connectivity index is 1.49. The highest BCUT2D eigenvalue weighted by atomic mass is 32.1. The molecule has 2 aromatic heterocycles. The van der Waals surface area contributed by atoms with Gasteiger partial charge < -0.3 is 9.64 Å². The van der Waals surface area contributed by atoms with E-state index in [0.717, 1.165) is 45.2 Å². The zero-order chi connectivity index (χ0) is 16.2. The van der Waals surface area contributed by atoms with Gasteiger partial charge in [-0.2, -0.15) is 11.3 Å². The Bertz CT molecular complexity index is 636. The van der Waals surface area contributed by atoms with E-state index in [1.54, 1.807) is 23.7 Å². The molecular weight excluding hydrogens is 320 g/mol. The molecule has 0 saturated carbocycles. The van der Waals surface area contributed by atoms with E-state index < -0.39 is 0 Å². The van der Waals surface area contributed by atoms with Crippen LogP contribution in [0.3, 0.4) is 0 Å². The quantitative estimate of drug-likeness (QED) is 0.856. The van der Waals surface area contributed by atoms with Crippen molar-refractivity contribution in [3.8, 4) is 0 Å². The van der Waals surface area contributed by atoms with E-state index in [0.29, 0.717) is 0 Å². The molecule has 24 heavy (non-hydrogen) atoms. The number of anilines is 1. The van der Waals surface area contributed by atoms with Crippen LogP contribution in [0.4, 0.5) is 5.82 Å². The zero-order valence-corrected chi connectivity index (χ0v) is 14.7. The monoisotopic (exact) mass is 344 g/mol. The third-order valence-corrected chi connectivity index (χ3v) is 5.77. The second kappa shape index (κ2) is 7.17. The summed E-state index contributed by atoms with van der Waals surface area (Å²) in [5.74, 6) is 0.970. The molecule has 1 atom stereocenters. The normalized spacial score (nSPS) is 25.8. The molecule has 2 aromatic rings. The van der Waals surface area contributed by atoms with Gasteiger partial charge in [0.25, 0.3) is 0 Å². The number of thiophene rings is 1. The molecule has 0 bridgehead atoms. The Labute approximate surface area is 147 Å². The lowest BCUT2D eigenvalue weighted by Gasteiger charge is -2.43. The van der Waals surface area contributed by atoms with Gasteiger partial charge in [-0.05, 0) is 41.8 Å². The van der Waals surface area contributed by atoms with Crippen molar-refractivity contribution in [3.05, 3.63) is 41.0 Å². The van der Waals surface area contributed by atoms with Crippen LogP contribution in [-0.4, -0.2) is 54.3 Å². The third-order valence-electron chi connectivity index (χ3n) is 5.04. The Morgan fingerprint density at radius 1 is 1.25 bits per heavy atom. The number of likely N-dealkylation sites (tertiary alicyclic amines) is 1. The van der Waals surface area contributed by atoms with Crippen LogP contribution in [-0.2, 0) is 11.3 Å². The first-order chi connectivity index (χ1) is 11.8. The molecule has 6 heteroatoms. The summed E-state index contributed by atoms with van der Waals surface area (Å²) in [6.07, 6.45) is 7.84. The molecule has 0 aliphatic carbocycles. The molecule has 0 amide bonds. The van der Waals surface area contributed by atoms with E-state index in [1.165, 1.54) is 24.9 Å². The van der Waals surface area contributed by atoms with Crippen LogP contribution < -0.4 is 4.90 Å². The van der Waals surface area contributed by atoms with Crippen molar-refractivity contribution in [1.29, 1.82) is 0 Å². The van der Waals surface area contributed by atoms with Gasteiger partial charge in [0.15, 0.2) is 0 Å². The Morgan fingerprint density at radius 2 is 2.25 bits per heavy atom. The maximum Gasteiger partial charge on any atom is 0.147 e. The number of nitrogens with zero attached hydrogens (tertiary/aromatic N) is 4. The second-order valence-electron chi connectivity index (χ2n) is 6.98. The molecule has 2 saturated heterocycles. The molecule has 2 aliphatic rings. The average Bonchev–Trinajstić information content (AvgIpc) is 3.03. The van der Waals surface area contributed by atoms with Gasteiger partial charge in [0.2, 0.25) is 0 Å². The van der Waals surface area contributed by atoms with E-state index in [4.69, 9.17) is 4.74 Å². The molecule has 0 radical (unpaired) electrons. The summed E-state index contributed by atoms with van der Waals surface area (Å²) in [6, 6.07) is 2.24. The average molecular weight is 344 g/mol. The lowest BCUT2D eigenvalue weighted by molar-refractivity contribution is 0.0107. The molecule has 4 rings (SSSR count). The number of piperidine rings is 1. The fourth-order valence-corrected chi connectivity index (χ4v) is 4.64. The Hall–Kier alpha value is -1.50. The van der Waals surface area contributed by atoms with E-state index in [-0.39, 0.29) is 5.41 Å². The van der Waals surface area contributed by atoms with Crippen molar-refractivity contribution in [2.45, 2.75) is 19.4 Å². The summed E-state index contributed by atoms with van der Waals surface area (Å²) >= 11 is 1.78. The van der Waals surface area contributed by atoms with E-state index in [1.807, 2.05) is 6.20 Å². The van der Waals surface area contributed by atoms with Gasteiger partial charge >= 0.3 is 0 Å². The maximum atomic E-state index is 6.01. The lowest BCUT2D eigenvalue weighted by Crippen LogP contribution is -2.50. The molecule has 4 heterocycles. The van der Waals surface area contributed by atoms with Gasteiger partial charge in [-0.1, -0.05) is 0 Å². The van der Waals surface area contributed by atoms with Crippen molar-refractivity contribution < 1.29 is 4.74 Å². The predicted octanol–water partition coefficient (Wildman–Crippen LogP) is 2.66. The van der Waals surface area contributed by atoms with Gasteiger partial charge in [0.05, 0.1) is 19.4 Å². The number of aromatic nitrogens is 2. The van der Waals surface area contributed by atoms with Crippen molar-refractivity contribution in [2.75, 3.05) is 44.3 Å². The highest BCUT2D eigenvalue weighted by Crippen LogP contribution is 2.34. The predicted molar refractivity (Wildman–Crippen MR) is 96.3 cm³/mol. The van der Waals surface area contributed by atoms with Gasteiger partial charge in [0.1, 0.15) is 5.82 Å². The van der Waals surface area contributed by atoms with Crippen molar-refractivity contribution in [2.24, 2.45) is 5.41 Å². The molecule has 128 valence electrons. The van der Waals surface area contributed by atoms with E-state index >= 15 is 0 Å². The van der Waals surface area contributed by atoms with Crippen molar-refractivity contribution in [3.63, 3.8) is 0 Å². The molecule has 0 unspecified atom stereocenters. The van der Waals surface area contributed by atoms with Crippen LogP contribution in [0, 0.1) is 5.41 Å². The molecule has 5 nitrogen and oxygen atoms in total. The molecule has 2 aliphatic heterocycles. The largest absolute Gasteiger partial charge is 0.379 e. The highest BCUT2D eigenvalue weighted by Gasteiger charge is 2.39. The Kier molecular flexibility index (Phi) is 4.78. The van der Waals surface area contributed by atoms with Crippen LogP contribution in [0.15, 0.2) is 35.4 Å². The summed E-state index contributed by atoms with van der Waals surface area (Å²) < 4.78 is 6.01. The first-order valence-corrected chi connectivity index (χ1v) is 9.59. The fraction of sp³-hybridized carbons (Fsp3) is 0.556. The zero-order valence-electron chi connectivity index (χ0n) is 13.9. The molecule has 2 fully saturated rings. The topological polar surface area (TPSA) is 41.5 Å². The first kappa shape index (κ1) is 16.0. The van der Waals surface area contributed by atoms with Crippen LogP contribution >= 0.6 is 11.3 Å². The van der Waals surface area contributed by atoms with Gasteiger partial charge in [-0.25, -0.2) is 4.98 Å². The molecule has 0 aromatic carbocycles. The maximum absolute atomic E-state index is 6.01. The smallest absolute Gasteiger partial charge is 0.147 e. The molecule has 1 spiro atoms. The summed E-state index contributed by atoms with van der Waals surface area (Å²) in [5.41, 5.74) is 1.62. The number of hydrogen-bond acceptors (Lipinski definition) is 6. The van der Waals surface area contributed by atoms with Gasteiger partial charge in [-0.3, -0.25) is 9.88 Å². The minimum atomic E-state index is 0.197. The van der Waals surface area contributed by atoms with Crippen molar-refractivity contribution >= 4 is 17.2 Å². The summed E-state index contributed by atoms with van der Waals surface area (Å²) in [5, 5.41) is 4.43. The van der Waals surface area contributed by atoms with E-state index in [2.05, 4.69) is 36.6 Å². The third kappa shape index (κ3) is 3.61. The van der Waals surface area contributed by atoms with Crippen molar-refractivity contribution in [1.82, 2.24) is 14.9 Å². The van der Waals surface area contributed by atoms with Crippen LogP contribution in [0.25, 0.3) is 0 Å². The van der Waals surface area contributed by atoms with Crippen LogP contribution in [0.2, 0.25) is 0 Å². The lowest BCUT2D eigenvalue weighted by atomic mass is 9.80. The second-order valence-corrected chi connectivity index (χ2v) is 7.76. The van der Waals surface area contributed by atoms with Gasteiger partial charge in [-0.15, -0.1) is 0 Å². The Morgan fingerprint density at radius 3 is 3.08 bits per heavy atom. The summed E-state index contributed by atoms with van der Waals surface area (Å²) in [4.78, 5) is 13.7. The number of hydrogen-bond donors (Lipinski definition) is 0. The fourth-order valence-electron chi connectivity index (χ4n) is 3.98. The summed E-state index contributed by atoms with van der Waals surface area (Å²) in [6.45, 7) is 6.85. The van der Waals surface area contributed by atoms with Gasteiger partial charge in [0, 0.05) is 44.0 Å². The molecule has 0 N–H and O–H groups in total.